The molecule has 6 aromatic rings. The molecule has 0 heterocycles. The second kappa shape index (κ2) is 17.7. The maximum absolute atomic E-state index is 12.8. The van der Waals surface area contributed by atoms with Crippen molar-refractivity contribution in [2.75, 3.05) is 31.9 Å². The first-order valence-corrected chi connectivity index (χ1v) is 18.1. The SMILES string of the molecule is Cc1ccc(NC(=O)Oc2ccc(C(C)(C)c3ccc(OC(=O)Nc4ccc(C)c(NC(=O)Nc5ccccc5)c4)cc3)cc2)cc1NC(=O)Nc1ccccc1. The number of nitrogens with one attached hydrogen (secondary N) is 6. The van der Waals surface area contributed by atoms with Gasteiger partial charge >= 0.3 is 24.2 Å². The van der Waals surface area contributed by atoms with E-state index in [0.717, 1.165) is 22.3 Å². The Balaban J connectivity index is 1.00. The number of ether oxygens (including phenoxy) is 2. The Hall–Kier alpha value is -7.60. The largest absolute Gasteiger partial charge is 0.417 e. The van der Waals surface area contributed by atoms with Gasteiger partial charge in [-0.05, 0) is 109 Å². The summed E-state index contributed by atoms with van der Waals surface area (Å²) in [5, 5.41) is 16.6. The van der Waals surface area contributed by atoms with Crippen LogP contribution in [0.3, 0.4) is 0 Å². The Morgan fingerprint density at radius 1 is 0.421 bits per heavy atom. The van der Waals surface area contributed by atoms with Gasteiger partial charge in [0.1, 0.15) is 11.5 Å². The van der Waals surface area contributed by atoms with E-state index in [1.165, 1.54) is 0 Å². The molecule has 0 saturated carbocycles. The normalized spacial score (nSPS) is 10.7. The second-order valence-electron chi connectivity index (χ2n) is 13.7. The molecular formula is C45H42N6O6. The average molecular weight is 763 g/mol. The monoisotopic (exact) mass is 762 g/mol. The lowest BCUT2D eigenvalue weighted by Crippen LogP contribution is -2.21. The molecule has 0 aliphatic carbocycles. The molecule has 0 atom stereocenters. The third kappa shape index (κ3) is 10.8. The van der Waals surface area contributed by atoms with Gasteiger partial charge in [-0.25, -0.2) is 19.2 Å². The first-order valence-electron chi connectivity index (χ1n) is 18.1. The summed E-state index contributed by atoms with van der Waals surface area (Å²) in [6.45, 7) is 7.82. The molecule has 57 heavy (non-hydrogen) atoms. The van der Waals surface area contributed by atoms with Crippen LogP contribution >= 0.6 is 0 Å². The molecule has 0 spiro atoms. The Bertz CT molecular complexity index is 2200. The molecule has 6 rings (SSSR count). The highest BCUT2D eigenvalue weighted by molar-refractivity contribution is 6.01. The molecule has 0 fully saturated rings. The molecule has 0 aromatic heterocycles. The zero-order chi connectivity index (χ0) is 40.4. The summed E-state index contributed by atoms with van der Waals surface area (Å²) >= 11 is 0. The highest BCUT2D eigenvalue weighted by Gasteiger charge is 2.24. The topological polar surface area (TPSA) is 159 Å². The van der Waals surface area contributed by atoms with Crippen LogP contribution < -0.4 is 41.4 Å². The number of urea groups is 2. The molecular weight excluding hydrogens is 721 g/mol. The van der Waals surface area contributed by atoms with Gasteiger partial charge in [0.05, 0.1) is 0 Å². The van der Waals surface area contributed by atoms with Crippen LogP contribution in [-0.2, 0) is 5.41 Å². The molecule has 0 saturated heterocycles. The van der Waals surface area contributed by atoms with E-state index in [0.29, 0.717) is 45.6 Å². The van der Waals surface area contributed by atoms with Gasteiger partial charge in [-0.3, -0.25) is 10.6 Å². The molecule has 6 aromatic carbocycles. The van der Waals surface area contributed by atoms with Gasteiger partial charge in [-0.2, -0.15) is 0 Å². The van der Waals surface area contributed by atoms with Crippen LogP contribution in [0.5, 0.6) is 11.5 Å². The molecule has 288 valence electrons. The van der Waals surface area contributed by atoms with E-state index in [-0.39, 0.29) is 0 Å². The Morgan fingerprint density at radius 3 is 1.16 bits per heavy atom. The molecule has 6 amide bonds. The summed E-state index contributed by atoms with van der Waals surface area (Å²) < 4.78 is 11.1. The van der Waals surface area contributed by atoms with E-state index in [4.69, 9.17) is 9.47 Å². The Kier molecular flexibility index (Phi) is 12.1. The van der Waals surface area contributed by atoms with Crippen LogP contribution in [0.25, 0.3) is 0 Å². The van der Waals surface area contributed by atoms with Gasteiger partial charge in [0, 0.05) is 39.5 Å². The van der Waals surface area contributed by atoms with Crippen LogP contribution in [0.15, 0.2) is 146 Å². The molecule has 0 unspecified atom stereocenters. The van der Waals surface area contributed by atoms with Crippen molar-refractivity contribution in [2.24, 2.45) is 0 Å². The fraction of sp³-hybridized carbons (Fsp3) is 0.111. The summed E-state index contributed by atoms with van der Waals surface area (Å²) in [5.74, 6) is 0.697. The van der Waals surface area contributed by atoms with Crippen molar-refractivity contribution in [3.05, 3.63) is 168 Å². The third-order valence-electron chi connectivity index (χ3n) is 9.10. The second-order valence-corrected chi connectivity index (χ2v) is 13.7. The number of anilines is 6. The van der Waals surface area contributed by atoms with Crippen LogP contribution in [0.4, 0.5) is 53.3 Å². The summed E-state index contributed by atoms with van der Waals surface area (Å²) in [6, 6.07) is 42.1. The van der Waals surface area contributed by atoms with Gasteiger partial charge in [-0.1, -0.05) is 86.6 Å². The van der Waals surface area contributed by atoms with Crippen LogP contribution in [-0.4, -0.2) is 24.2 Å². The van der Waals surface area contributed by atoms with Crippen molar-refractivity contribution in [3.8, 4) is 11.5 Å². The molecule has 0 radical (unpaired) electrons. The lowest BCUT2D eigenvalue weighted by Gasteiger charge is -2.26. The minimum atomic E-state index is -0.684. The van der Waals surface area contributed by atoms with Gasteiger partial charge in [0.15, 0.2) is 0 Å². The fourth-order valence-electron chi connectivity index (χ4n) is 5.83. The maximum atomic E-state index is 12.8. The smallest absolute Gasteiger partial charge is 0.410 e. The Labute approximate surface area is 330 Å². The predicted molar refractivity (Wildman–Crippen MR) is 225 cm³/mol. The highest BCUT2D eigenvalue weighted by atomic mass is 16.6. The van der Waals surface area contributed by atoms with Crippen molar-refractivity contribution in [1.29, 1.82) is 0 Å². The standard InChI is InChI=1S/C45H42N6O6/c1-29-15-21-35(27-39(29)50-41(52)46-33-11-7-5-8-12-33)48-43(54)56-37-23-17-31(18-24-37)45(3,4)32-19-25-38(26-20-32)57-44(55)49-36-22-16-30(2)40(28-36)51-42(53)47-34-13-9-6-10-14-34/h5-28H,1-4H3,(H,48,54)(H,49,55)(H2,46,50,52)(H2,47,51,53). The van der Waals surface area contributed by atoms with Crippen molar-refractivity contribution in [3.63, 3.8) is 0 Å². The molecule has 12 nitrogen and oxygen atoms in total. The van der Waals surface area contributed by atoms with E-state index < -0.39 is 29.7 Å². The lowest BCUT2D eigenvalue weighted by molar-refractivity contribution is 0.214. The zero-order valence-electron chi connectivity index (χ0n) is 31.8. The minimum Gasteiger partial charge on any atom is -0.410 e. The number of benzene rings is 6. The van der Waals surface area contributed by atoms with Gasteiger partial charge in [-0.15, -0.1) is 0 Å². The lowest BCUT2D eigenvalue weighted by atomic mass is 9.78. The summed E-state index contributed by atoms with van der Waals surface area (Å²) in [5.41, 5.74) is 6.39. The predicted octanol–water partition coefficient (Wildman–Crippen LogP) is 11.1. The number of para-hydroxylation sites is 2. The third-order valence-corrected chi connectivity index (χ3v) is 9.10. The summed E-state index contributed by atoms with van der Waals surface area (Å²) in [6.07, 6.45) is -1.37. The van der Waals surface area contributed by atoms with Crippen molar-refractivity contribution < 1.29 is 28.7 Å². The molecule has 12 heteroatoms. The van der Waals surface area contributed by atoms with Crippen LogP contribution in [0.2, 0.25) is 0 Å². The van der Waals surface area contributed by atoms with E-state index in [9.17, 15) is 19.2 Å². The first kappa shape index (κ1) is 39.1. The number of carbonyl (C=O) groups excluding carboxylic acids is 4. The zero-order valence-corrected chi connectivity index (χ0v) is 31.8. The molecule has 0 bridgehead atoms. The van der Waals surface area contributed by atoms with Gasteiger partial charge < -0.3 is 30.7 Å². The number of carbonyl (C=O) groups is 4. The molecule has 6 N–H and O–H groups in total. The first-order chi connectivity index (χ1) is 27.4. The van der Waals surface area contributed by atoms with E-state index >= 15 is 0 Å². The van der Waals surface area contributed by atoms with E-state index in [1.807, 2.05) is 74.5 Å². The van der Waals surface area contributed by atoms with E-state index in [1.54, 1.807) is 84.9 Å². The van der Waals surface area contributed by atoms with Crippen LogP contribution in [0, 0.1) is 13.8 Å². The van der Waals surface area contributed by atoms with E-state index in [2.05, 4.69) is 45.7 Å². The number of amides is 6. The number of rotatable bonds is 10. The summed E-state index contributed by atoms with van der Waals surface area (Å²) in [4.78, 5) is 50.6. The van der Waals surface area contributed by atoms with Crippen molar-refractivity contribution in [2.45, 2.75) is 33.1 Å². The van der Waals surface area contributed by atoms with Crippen LogP contribution in [0.1, 0.15) is 36.1 Å². The van der Waals surface area contributed by atoms with Crippen molar-refractivity contribution in [1.82, 2.24) is 0 Å². The Morgan fingerprint density at radius 2 is 0.789 bits per heavy atom. The maximum Gasteiger partial charge on any atom is 0.417 e. The van der Waals surface area contributed by atoms with Gasteiger partial charge in [0.25, 0.3) is 0 Å². The van der Waals surface area contributed by atoms with Crippen molar-refractivity contribution >= 4 is 58.4 Å². The average Bonchev–Trinajstić information content (AvgIpc) is 3.18. The summed E-state index contributed by atoms with van der Waals surface area (Å²) in [7, 11) is 0. The fourth-order valence-corrected chi connectivity index (χ4v) is 5.83. The molecule has 0 aliphatic rings. The minimum absolute atomic E-state index is 0.349. The number of aryl methyl sites for hydroxylation is 2. The number of hydrogen-bond acceptors (Lipinski definition) is 6. The molecule has 0 aliphatic heterocycles. The highest BCUT2D eigenvalue weighted by Crippen LogP contribution is 2.34. The quantitative estimate of drug-likeness (QED) is 0.0815. The number of hydrogen-bond donors (Lipinski definition) is 6. The van der Waals surface area contributed by atoms with Gasteiger partial charge in [0.2, 0.25) is 0 Å².